The Morgan fingerprint density at radius 1 is 1.29 bits per heavy atom. The molecule has 0 fully saturated rings. The van der Waals surface area contributed by atoms with E-state index < -0.39 is 0 Å². The molecule has 2 aromatic rings. The molecule has 0 atom stereocenters. The standard InChI is InChI=1S/C13H17N3O/c1-9(2)12-8-15-13(17)16(12)11-5-3-10(7-14)4-6-11/h3-6,8-9H,7,14H2,1-2H3,(H,15,17). The molecule has 2 rings (SSSR count). The summed E-state index contributed by atoms with van der Waals surface area (Å²) in [5.74, 6) is 0.295. The second-order valence-electron chi connectivity index (χ2n) is 4.38. The molecule has 1 aromatic heterocycles. The summed E-state index contributed by atoms with van der Waals surface area (Å²) in [7, 11) is 0. The summed E-state index contributed by atoms with van der Waals surface area (Å²) in [4.78, 5) is 14.5. The fourth-order valence-electron chi connectivity index (χ4n) is 1.85. The van der Waals surface area contributed by atoms with Gasteiger partial charge in [0.05, 0.1) is 5.69 Å². The minimum absolute atomic E-state index is 0.103. The van der Waals surface area contributed by atoms with E-state index in [2.05, 4.69) is 18.8 Å². The molecule has 4 heteroatoms. The van der Waals surface area contributed by atoms with E-state index in [-0.39, 0.29) is 5.69 Å². The number of hydrogen-bond donors (Lipinski definition) is 2. The minimum Gasteiger partial charge on any atom is -0.326 e. The molecule has 0 saturated carbocycles. The van der Waals surface area contributed by atoms with Gasteiger partial charge in [0.15, 0.2) is 0 Å². The number of rotatable bonds is 3. The Kier molecular flexibility index (Phi) is 3.15. The Morgan fingerprint density at radius 3 is 2.47 bits per heavy atom. The van der Waals surface area contributed by atoms with E-state index >= 15 is 0 Å². The molecular weight excluding hydrogens is 214 g/mol. The highest BCUT2D eigenvalue weighted by Crippen LogP contribution is 2.16. The Balaban J connectivity index is 2.51. The number of nitrogens with two attached hydrogens (primary N) is 1. The van der Waals surface area contributed by atoms with Crippen LogP contribution in [0.3, 0.4) is 0 Å². The van der Waals surface area contributed by atoms with Crippen molar-refractivity contribution in [3.8, 4) is 5.69 Å². The van der Waals surface area contributed by atoms with Crippen LogP contribution in [0.1, 0.15) is 31.0 Å². The van der Waals surface area contributed by atoms with Gasteiger partial charge in [-0.3, -0.25) is 4.57 Å². The number of nitrogens with one attached hydrogen (secondary N) is 1. The molecule has 0 spiro atoms. The molecule has 0 aliphatic heterocycles. The lowest BCUT2D eigenvalue weighted by Crippen LogP contribution is -2.17. The summed E-state index contributed by atoms with van der Waals surface area (Å²) < 4.78 is 1.70. The van der Waals surface area contributed by atoms with Gasteiger partial charge in [-0.05, 0) is 23.6 Å². The molecule has 0 radical (unpaired) electrons. The van der Waals surface area contributed by atoms with Gasteiger partial charge >= 0.3 is 5.69 Å². The molecular formula is C13H17N3O. The number of aromatic nitrogens is 2. The van der Waals surface area contributed by atoms with Crippen LogP contribution in [-0.2, 0) is 6.54 Å². The average molecular weight is 231 g/mol. The highest BCUT2D eigenvalue weighted by Gasteiger charge is 2.11. The van der Waals surface area contributed by atoms with Crippen molar-refractivity contribution >= 4 is 0 Å². The molecule has 1 heterocycles. The predicted octanol–water partition coefficient (Wildman–Crippen LogP) is 1.75. The molecule has 90 valence electrons. The van der Waals surface area contributed by atoms with E-state index in [1.165, 1.54) is 0 Å². The number of imidazole rings is 1. The Hall–Kier alpha value is -1.81. The Bertz CT molecular complexity index is 549. The summed E-state index contributed by atoms with van der Waals surface area (Å²) in [5, 5.41) is 0. The van der Waals surface area contributed by atoms with Crippen LogP contribution in [0, 0.1) is 0 Å². The van der Waals surface area contributed by atoms with E-state index in [4.69, 9.17) is 5.73 Å². The van der Waals surface area contributed by atoms with Gasteiger partial charge in [0.2, 0.25) is 0 Å². The lowest BCUT2D eigenvalue weighted by molar-refractivity contribution is 0.776. The summed E-state index contributed by atoms with van der Waals surface area (Å²) in [5.41, 5.74) is 8.36. The molecule has 0 aliphatic carbocycles. The summed E-state index contributed by atoms with van der Waals surface area (Å²) >= 11 is 0. The van der Waals surface area contributed by atoms with Crippen molar-refractivity contribution in [1.82, 2.24) is 9.55 Å². The second-order valence-corrected chi connectivity index (χ2v) is 4.38. The number of hydrogen-bond acceptors (Lipinski definition) is 2. The van der Waals surface area contributed by atoms with Gasteiger partial charge in [-0.15, -0.1) is 0 Å². The van der Waals surface area contributed by atoms with Crippen LogP contribution >= 0.6 is 0 Å². The maximum atomic E-state index is 11.8. The Morgan fingerprint density at radius 2 is 1.94 bits per heavy atom. The van der Waals surface area contributed by atoms with Crippen molar-refractivity contribution in [3.63, 3.8) is 0 Å². The van der Waals surface area contributed by atoms with Crippen molar-refractivity contribution in [2.24, 2.45) is 5.73 Å². The average Bonchev–Trinajstić information content (AvgIpc) is 2.71. The van der Waals surface area contributed by atoms with Crippen molar-refractivity contribution in [3.05, 3.63) is 52.2 Å². The fraction of sp³-hybridized carbons (Fsp3) is 0.308. The molecule has 0 amide bonds. The van der Waals surface area contributed by atoms with Gasteiger partial charge in [-0.2, -0.15) is 0 Å². The molecule has 1 aromatic carbocycles. The highest BCUT2D eigenvalue weighted by molar-refractivity contribution is 5.36. The lowest BCUT2D eigenvalue weighted by Gasteiger charge is -2.10. The van der Waals surface area contributed by atoms with Crippen LogP contribution in [-0.4, -0.2) is 9.55 Å². The van der Waals surface area contributed by atoms with Gasteiger partial charge < -0.3 is 10.7 Å². The molecule has 0 unspecified atom stereocenters. The predicted molar refractivity (Wildman–Crippen MR) is 68.4 cm³/mol. The van der Waals surface area contributed by atoms with Crippen LogP contribution < -0.4 is 11.4 Å². The number of H-pyrrole nitrogens is 1. The summed E-state index contributed by atoms with van der Waals surface area (Å²) in [6, 6.07) is 7.73. The first-order chi connectivity index (χ1) is 8.13. The first-order valence-corrected chi connectivity index (χ1v) is 5.73. The van der Waals surface area contributed by atoms with Gasteiger partial charge in [0.1, 0.15) is 0 Å². The zero-order valence-corrected chi connectivity index (χ0v) is 10.1. The van der Waals surface area contributed by atoms with Crippen LogP contribution in [0.4, 0.5) is 0 Å². The van der Waals surface area contributed by atoms with Crippen LogP contribution in [0.15, 0.2) is 35.3 Å². The SMILES string of the molecule is CC(C)c1c[nH]c(=O)n1-c1ccc(CN)cc1. The third kappa shape index (κ3) is 2.17. The highest BCUT2D eigenvalue weighted by atomic mass is 16.1. The van der Waals surface area contributed by atoms with E-state index in [0.717, 1.165) is 16.9 Å². The molecule has 17 heavy (non-hydrogen) atoms. The van der Waals surface area contributed by atoms with E-state index in [9.17, 15) is 4.79 Å². The minimum atomic E-state index is -0.103. The smallest absolute Gasteiger partial charge is 0.326 e. The molecule has 0 aliphatic rings. The normalized spacial score (nSPS) is 11.1. The van der Waals surface area contributed by atoms with Crippen molar-refractivity contribution in [2.75, 3.05) is 0 Å². The number of nitrogens with zero attached hydrogens (tertiary/aromatic N) is 1. The third-order valence-corrected chi connectivity index (χ3v) is 2.83. The van der Waals surface area contributed by atoms with Gasteiger partial charge in [-0.25, -0.2) is 4.79 Å². The Labute approximate surface area is 100 Å². The van der Waals surface area contributed by atoms with Crippen LogP contribution in [0.5, 0.6) is 0 Å². The maximum absolute atomic E-state index is 11.8. The van der Waals surface area contributed by atoms with Gasteiger partial charge in [0.25, 0.3) is 0 Å². The summed E-state index contributed by atoms with van der Waals surface area (Å²) in [6.07, 6.45) is 1.77. The summed E-state index contributed by atoms with van der Waals surface area (Å²) in [6.45, 7) is 4.64. The van der Waals surface area contributed by atoms with Crippen LogP contribution in [0.25, 0.3) is 5.69 Å². The number of aromatic amines is 1. The monoisotopic (exact) mass is 231 g/mol. The molecule has 0 saturated heterocycles. The molecule has 3 N–H and O–H groups in total. The van der Waals surface area contributed by atoms with E-state index in [1.54, 1.807) is 10.8 Å². The van der Waals surface area contributed by atoms with Crippen molar-refractivity contribution < 1.29 is 0 Å². The van der Waals surface area contributed by atoms with E-state index in [1.807, 2.05) is 24.3 Å². The topological polar surface area (TPSA) is 63.8 Å². The first-order valence-electron chi connectivity index (χ1n) is 5.73. The number of benzene rings is 1. The molecule has 4 nitrogen and oxygen atoms in total. The largest absolute Gasteiger partial charge is 0.330 e. The maximum Gasteiger partial charge on any atom is 0.330 e. The quantitative estimate of drug-likeness (QED) is 0.845. The molecule has 0 bridgehead atoms. The van der Waals surface area contributed by atoms with Crippen LogP contribution in [0.2, 0.25) is 0 Å². The zero-order valence-electron chi connectivity index (χ0n) is 10.1. The first kappa shape index (κ1) is 11.7. The zero-order chi connectivity index (χ0) is 12.4. The van der Waals surface area contributed by atoms with E-state index in [0.29, 0.717) is 12.5 Å². The lowest BCUT2D eigenvalue weighted by atomic mass is 10.1. The fourth-order valence-corrected chi connectivity index (χ4v) is 1.85. The third-order valence-electron chi connectivity index (χ3n) is 2.83. The second kappa shape index (κ2) is 4.59. The van der Waals surface area contributed by atoms with Crippen molar-refractivity contribution in [2.45, 2.75) is 26.3 Å². The van der Waals surface area contributed by atoms with Gasteiger partial charge in [0, 0.05) is 18.4 Å². The van der Waals surface area contributed by atoms with Crippen molar-refractivity contribution in [1.29, 1.82) is 0 Å². The van der Waals surface area contributed by atoms with Gasteiger partial charge in [-0.1, -0.05) is 26.0 Å².